The maximum atomic E-state index is 13.1. The normalized spacial score (nSPS) is 21.7. The third-order valence-electron chi connectivity index (χ3n) is 5.01. The molecule has 1 amide bonds. The molecule has 2 aliphatic rings. The Morgan fingerprint density at radius 1 is 1.40 bits per heavy atom. The van der Waals surface area contributed by atoms with Crippen molar-refractivity contribution < 1.29 is 4.79 Å². The Balaban J connectivity index is 1.63. The topological polar surface area (TPSA) is 61.4 Å². The number of nitrogens with zero attached hydrogens (tertiary/aromatic N) is 4. The zero-order valence-electron chi connectivity index (χ0n) is 14.8. The van der Waals surface area contributed by atoms with Crippen LogP contribution in [0.2, 0.25) is 0 Å². The van der Waals surface area contributed by atoms with Gasteiger partial charge in [-0.2, -0.15) is 0 Å². The summed E-state index contributed by atoms with van der Waals surface area (Å²) >= 11 is 1.48. The standard InChI is InChI=1S/C18H23N5OS/c1-11-14-16(19-6-7-22(2)3)20-10-21-17(14)25-15(11)18(24)23-9-12-4-5-13(23)8-12/h4-5,10,12-13H,6-9H2,1-3H3,(H,19,20,21)/t12-,13+/m0/s1. The number of nitrogens with one attached hydrogen (secondary N) is 1. The van der Waals surface area contributed by atoms with Gasteiger partial charge in [0.05, 0.1) is 16.3 Å². The summed E-state index contributed by atoms with van der Waals surface area (Å²) in [7, 11) is 4.09. The van der Waals surface area contributed by atoms with E-state index in [1.807, 2.05) is 25.9 Å². The Bertz CT molecular complexity index is 843. The molecule has 2 aromatic heterocycles. The minimum Gasteiger partial charge on any atom is -0.368 e. The first-order chi connectivity index (χ1) is 12.0. The van der Waals surface area contributed by atoms with Crippen molar-refractivity contribution in [3.63, 3.8) is 0 Å². The van der Waals surface area contributed by atoms with E-state index in [9.17, 15) is 4.79 Å². The van der Waals surface area contributed by atoms with E-state index in [0.29, 0.717) is 5.92 Å². The Morgan fingerprint density at radius 3 is 2.92 bits per heavy atom. The molecule has 1 aliphatic heterocycles. The highest BCUT2D eigenvalue weighted by atomic mass is 32.1. The number of amides is 1. The van der Waals surface area contributed by atoms with Crippen LogP contribution in [0.15, 0.2) is 18.5 Å². The second-order valence-corrected chi connectivity index (χ2v) is 8.09. The highest BCUT2D eigenvalue weighted by Crippen LogP contribution is 2.37. The minimum atomic E-state index is 0.136. The molecule has 0 spiro atoms. The number of carbonyl (C=O) groups is 1. The molecule has 25 heavy (non-hydrogen) atoms. The molecule has 7 heteroatoms. The Hall–Kier alpha value is -1.99. The molecule has 0 saturated carbocycles. The zero-order chi connectivity index (χ0) is 17.6. The summed E-state index contributed by atoms with van der Waals surface area (Å²) in [5, 5.41) is 4.37. The molecule has 6 nitrogen and oxygen atoms in total. The van der Waals surface area contributed by atoms with E-state index in [1.54, 1.807) is 6.33 Å². The predicted molar refractivity (Wildman–Crippen MR) is 101 cm³/mol. The number of thiophene rings is 1. The summed E-state index contributed by atoms with van der Waals surface area (Å²) in [6.07, 6.45) is 7.06. The van der Waals surface area contributed by atoms with E-state index < -0.39 is 0 Å². The minimum absolute atomic E-state index is 0.136. The molecule has 1 N–H and O–H groups in total. The number of aromatic nitrogens is 2. The van der Waals surface area contributed by atoms with Gasteiger partial charge in [0, 0.05) is 19.6 Å². The number of hydrogen-bond acceptors (Lipinski definition) is 6. The van der Waals surface area contributed by atoms with Gasteiger partial charge in [0.2, 0.25) is 0 Å². The van der Waals surface area contributed by atoms with Gasteiger partial charge in [-0.3, -0.25) is 4.79 Å². The van der Waals surface area contributed by atoms with Crippen molar-refractivity contribution in [3.8, 4) is 0 Å². The average molecular weight is 357 g/mol. The van der Waals surface area contributed by atoms with Crippen LogP contribution in [-0.4, -0.2) is 65.4 Å². The van der Waals surface area contributed by atoms with Crippen molar-refractivity contribution in [2.75, 3.05) is 39.0 Å². The van der Waals surface area contributed by atoms with Crippen LogP contribution in [0.25, 0.3) is 10.2 Å². The van der Waals surface area contributed by atoms with Crippen LogP contribution >= 0.6 is 11.3 Å². The monoisotopic (exact) mass is 357 g/mol. The van der Waals surface area contributed by atoms with Gasteiger partial charge in [-0.25, -0.2) is 9.97 Å². The number of aryl methyl sites for hydroxylation is 1. The fourth-order valence-electron chi connectivity index (χ4n) is 3.68. The lowest BCUT2D eigenvalue weighted by Gasteiger charge is -2.23. The lowest BCUT2D eigenvalue weighted by atomic mass is 10.1. The number of fused-ring (bicyclic) bond motifs is 3. The fraction of sp³-hybridized carbons (Fsp3) is 0.500. The summed E-state index contributed by atoms with van der Waals surface area (Å²) in [6.45, 7) is 4.58. The summed E-state index contributed by atoms with van der Waals surface area (Å²) < 4.78 is 0. The van der Waals surface area contributed by atoms with Crippen LogP contribution in [-0.2, 0) is 0 Å². The molecule has 1 saturated heterocycles. The van der Waals surface area contributed by atoms with E-state index in [2.05, 4.69) is 32.3 Å². The number of anilines is 1. The van der Waals surface area contributed by atoms with Gasteiger partial charge in [0.25, 0.3) is 5.91 Å². The van der Waals surface area contributed by atoms with E-state index in [1.165, 1.54) is 11.3 Å². The predicted octanol–water partition coefficient (Wildman–Crippen LogP) is 2.37. The first-order valence-electron chi connectivity index (χ1n) is 8.66. The molecule has 2 aromatic rings. The molecule has 0 radical (unpaired) electrons. The van der Waals surface area contributed by atoms with Crippen molar-refractivity contribution in [1.82, 2.24) is 19.8 Å². The summed E-state index contributed by atoms with van der Waals surface area (Å²) in [5.74, 6) is 1.49. The van der Waals surface area contributed by atoms with Crippen LogP contribution in [0, 0.1) is 12.8 Å². The Morgan fingerprint density at radius 2 is 2.24 bits per heavy atom. The molecule has 3 heterocycles. The number of hydrogen-bond donors (Lipinski definition) is 1. The van der Waals surface area contributed by atoms with Crippen molar-refractivity contribution in [2.24, 2.45) is 5.92 Å². The van der Waals surface area contributed by atoms with Gasteiger partial charge in [-0.15, -0.1) is 11.3 Å². The Kier molecular flexibility index (Phi) is 4.21. The number of likely N-dealkylation sites (N-methyl/N-ethyl adjacent to an activating group) is 1. The summed E-state index contributed by atoms with van der Waals surface area (Å²) in [4.78, 5) is 27.7. The average Bonchev–Trinajstić information content (AvgIpc) is 3.29. The van der Waals surface area contributed by atoms with Crippen LogP contribution in [0.4, 0.5) is 5.82 Å². The van der Waals surface area contributed by atoms with Gasteiger partial charge >= 0.3 is 0 Å². The lowest BCUT2D eigenvalue weighted by Crippen LogP contribution is -2.35. The SMILES string of the molecule is Cc1c(C(=O)N2C[C@H]3C=C[C@@H]2C3)sc2ncnc(NCCN(C)C)c12. The van der Waals surface area contributed by atoms with Crippen LogP contribution in [0.1, 0.15) is 21.7 Å². The molecule has 1 fully saturated rings. The molecule has 2 atom stereocenters. The lowest BCUT2D eigenvalue weighted by molar-refractivity contribution is 0.0758. The first kappa shape index (κ1) is 16.5. The second-order valence-electron chi connectivity index (χ2n) is 7.09. The summed E-state index contributed by atoms with van der Waals surface area (Å²) in [5.41, 5.74) is 0.990. The maximum absolute atomic E-state index is 13.1. The third-order valence-corrected chi connectivity index (χ3v) is 6.20. The van der Waals surface area contributed by atoms with Crippen LogP contribution in [0.3, 0.4) is 0 Å². The number of likely N-dealkylation sites (tertiary alicyclic amines) is 1. The fourth-order valence-corrected chi connectivity index (χ4v) is 4.78. The Labute approximate surface area is 151 Å². The largest absolute Gasteiger partial charge is 0.368 e. The molecular weight excluding hydrogens is 334 g/mol. The van der Waals surface area contributed by atoms with Crippen molar-refractivity contribution in [3.05, 3.63) is 28.9 Å². The summed E-state index contributed by atoms with van der Waals surface area (Å²) in [6, 6.07) is 0.269. The van der Waals surface area contributed by atoms with E-state index >= 15 is 0 Å². The highest BCUT2D eigenvalue weighted by molar-refractivity contribution is 7.20. The smallest absolute Gasteiger partial charge is 0.264 e. The molecule has 1 aliphatic carbocycles. The van der Waals surface area contributed by atoms with E-state index in [0.717, 1.165) is 52.5 Å². The van der Waals surface area contributed by atoms with E-state index in [-0.39, 0.29) is 11.9 Å². The van der Waals surface area contributed by atoms with Gasteiger partial charge in [0.1, 0.15) is 17.0 Å². The molecule has 4 rings (SSSR count). The highest BCUT2D eigenvalue weighted by Gasteiger charge is 2.38. The van der Waals surface area contributed by atoms with Crippen molar-refractivity contribution in [2.45, 2.75) is 19.4 Å². The molecule has 132 valence electrons. The van der Waals surface area contributed by atoms with Crippen LogP contribution in [0.5, 0.6) is 0 Å². The van der Waals surface area contributed by atoms with Crippen molar-refractivity contribution in [1.29, 1.82) is 0 Å². The molecule has 2 bridgehead atoms. The van der Waals surface area contributed by atoms with Gasteiger partial charge < -0.3 is 15.1 Å². The first-order valence-corrected chi connectivity index (χ1v) is 9.48. The third kappa shape index (κ3) is 2.91. The quantitative estimate of drug-likeness (QED) is 0.833. The maximum Gasteiger partial charge on any atom is 0.264 e. The van der Waals surface area contributed by atoms with Crippen LogP contribution < -0.4 is 5.32 Å². The number of carbonyl (C=O) groups excluding carboxylic acids is 1. The molecule has 0 unspecified atom stereocenters. The number of rotatable bonds is 5. The van der Waals surface area contributed by atoms with Crippen molar-refractivity contribution >= 4 is 33.3 Å². The van der Waals surface area contributed by atoms with Gasteiger partial charge in [-0.1, -0.05) is 12.2 Å². The van der Waals surface area contributed by atoms with Gasteiger partial charge in [0.15, 0.2) is 0 Å². The van der Waals surface area contributed by atoms with E-state index in [4.69, 9.17) is 0 Å². The van der Waals surface area contributed by atoms with Gasteiger partial charge in [-0.05, 0) is 38.9 Å². The molecule has 0 aromatic carbocycles. The zero-order valence-corrected chi connectivity index (χ0v) is 15.6. The molecular formula is C18H23N5OS. The second kappa shape index (κ2) is 6.38.